The highest BCUT2D eigenvalue weighted by atomic mass is 35.5. The van der Waals surface area contributed by atoms with Crippen LogP contribution < -0.4 is 4.90 Å². The van der Waals surface area contributed by atoms with Crippen molar-refractivity contribution < 1.29 is 14.6 Å². The first-order valence-corrected chi connectivity index (χ1v) is 6.12. The smallest absolute Gasteiger partial charge is 0.306 e. The van der Waals surface area contributed by atoms with Gasteiger partial charge in [0.2, 0.25) is 0 Å². The molecule has 2 heterocycles. The molecule has 1 aliphatic rings. The lowest BCUT2D eigenvalue weighted by atomic mass is 10.2. The van der Waals surface area contributed by atoms with E-state index in [0.717, 1.165) is 0 Å². The number of pyridine rings is 1. The van der Waals surface area contributed by atoms with Crippen LogP contribution in [-0.2, 0) is 9.53 Å². The second kappa shape index (κ2) is 5.87. The monoisotopic (exact) mass is 281 g/mol. The van der Waals surface area contributed by atoms with Gasteiger partial charge in [0, 0.05) is 19.3 Å². The Balaban J connectivity index is 2.18. The van der Waals surface area contributed by atoms with Gasteiger partial charge in [0.1, 0.15) is 16.9 Å². The molecular formula is C12H12ClN3O3. The lowest BCUT2D eigenvalue weighted by molar-refractivity contribution is -0.140. The zero-order chi connectivity index (χ0) is 13.8. The zero-order valence-electron chi connectivity index (χ0n) is 10.0. The molecule has 1 saturated heterocycles. The number of anilines is 1. The summed E-state index contributed by atoms with van der Waals surface area (Å²) in [5.41, 5.74) is 0.355. The molecule has 1 aromatic rings. The van der Waals surface area contributed by atoms with Crippen molar-refractivity contribution in [3.05, 3.63) is 22.8 Å². The molecule has 1 unspecified atom stereocenters. The van der Waals surface area contributed by atoms with Gasteiger partial charge in [0.25, 0.3) is 0 Å². The molecule has 0 amide bonds. The Morgan fingerprint density at radius 3 is 3.21 bits per heavy atom. The highest BCUT2D eigenvalue weighted by molar-refractivity contribution is 6.34. The van der Waals surface area contributed by atoms with E-state index in [2.05, 4.69) is 4.98 Å². The topological polar surface area (TPSA) is 86.5 Å². The maximum absolute atomic E-state index is 10.7. The van der Waals surface area contributed by atoms with Crippen molar-refractivity contribution in [3.63, 3.8) is 0 Å². The van der Waals surface area contributed by atoms with Gasteiger partial charge in [-0.05, 0) is 6.07 Å². The first-order valence-electron chi connectivity index (χ1n) is 5.74. The number of carboxylic acid groups (broad SMARTS) is 1. The van der Waals surface area contributed by atoms with Gasteiger partial charge in [-0.15, -0.1) is 0 Å². The first kappa shape index (κ1) is 13.6. The first-order chi connectivity index (χ1) is 9.11. The molecule has 0 bridgehead atoms. The van der Waals surface area contributed by atoms with E-state index in [-0.39, 0.29) is 6.42 Å². The highest BCUT2D eigenvalue weighted by Gasteiger charge is 2.25. The van der Waals surface area contributed by atoms with Crippen molar-refractivity contribution in [2.24, 2.45) is 0 Å². The zero-order valence-corrected chi connectivity index (χ0v) is 10.8. The third kappa shape index (κ3) is 3.13. The number of hydrogen-bond donors (Lipinski definition) is 1. The molecule has 0 aromatic carbocycles. The van der Waals surface area contributed by atoms with Gasteiger partial charge >= 0.3 is 5.97 Å². The summed E-state index contributed by atoms with van der Waals surface area (Å²) in [6, 6.07) is 3.54. The summed E-state index contributed by atoms with van der Waals surface area (Å²) in [4.78, 5) is 16.7. The van der Waals surface area contributed by atoms with Gasteiger partial charge in [-0.1, -0.05) is 11.6 Å². The molecule has 7 heteroatoms. The summed E-state index contributed by atoms with van der Waals surface area (Å²) in [6.07, 6.45) is 1.06. The highest BCUT2D eigenvalue weighted by Crippen LogP contribution is 2.27. The Labute approximate surface area is 115 Å². The number of carboxylic acids is 1. The third-order valence-corrected chi connectivity index (χ3v) is 3.20. The predicted octanol–water partition coefficient (Wildman–Crippen LogP) is 1.29. The number of nitrogens with zero attached hydrogens (tertiary/aromatic N) is 3. The number of nitriles is 1. The van der Waals surface area contributed by atoms with Gasteiger partial charge in [0.05, 0.1) is 24.7 Å². The Kier molecular flexibility index (Phi) is 4.20. The number of ether oxygens (including phenoxy) is 1. The van der Waals surface area contributed by atoms with Crippen LogP contribution in [0.4, 0.5) is 5.82 Å². The summed E-state index contributed by atoms with van der Waals surface area (Å²) < 4.78 is 5.38. The summed E-state index contributed by atoms with van der Waals surface area (Å²) in [6.45, 7) is 1.37. The average Bonchev–Trinajstić information content (AvgIpc) is 2.38. The summed E-state index contributed by atoms with van der Waals surface area (Å²) in [7, 11) is 0. The normalized spacial score (nSPS) is 18.9. The minimum atomic E-state index is -0.906. The minimum Gasteiger partial charge on any atom is -0.481 e. The number of rotatable bonds is 3. The lowest BCUT2D eigenvalue weighted by Gasteiger charge is -2.33. The number of morpholine rings is 1. The van der Waals surface area contributed by atoms with Gasteiger partial charge in [-0.3, -0.25) is 4.79 Å². The Hall–Kier alpha value is -1.84. The van der Waals surface area contributed by atoms with Crippen LogP contribution in [0.1, 0.15) is 12.0 Å². The molecule has 1 N–H and O–H groups in total. The second-order valence-corrected chi connectivity index (χ2v) is 4.52. The molecular weight excluding hydrogens is 270 g/mol. The maximum Gasteiger partial charge on any atom is 0.306 e. The molecule has 0 spiro atoms. The van der Waals surface area contributed by atoms with Crippen LogP contribution in [0.5, 0.6) is 0 Å². The van der Waals surface area contributed by atoms with Crippen molar-refractivity contribution in [2.75, 3.05) is 24.6 Å². The van der Waals surface area contributed by atoms with E-state index in [9.17, 15) is 4.79 Å². The van der Waals surface area contributed by atoms with E-state index < -0.39 is 12.1 Å². The van der Waals surface area contributed by atoms with E-state index in [1.54, 1.807) is 6.07 Å². The molecule has 2 rings (SSSR count). The van der Waals surface area contributed by atoms with E-state index in [4.69, 9.17) is 26.7 Å². The van der Waals surface area contributed by atoms with E-state index in [0.29, 0.717) is 36.1 Å². The molecule has 1 fully saturated rings. The molecule has 6 nitrogen and oxygen atoms in total. The number of halogens is 1. The van der Waals surface area contributed by atoms with Gasteiger partial charge in [-0.2, -0.15) is 5.26 Å². The van der Waals surface area contributed by atoms with Crippen LogP contribution in [0.15, 0.2) is 12.3 Å². The third-order valence-electron chi connectivity index (χ3n) is 2.83. The molecule has 0 saturated carbocycles. The SMILES string of the molecule is N#Cc1ccnc(N2CCOC(CC(=O)O)C2)c1Cl. The Morgan fingerprint density at radius 1 is 1.74 bits per heavy atom. The van der Waals surface area contributed by atoms with E-state index >= 15 is 0 Å². The number of hydrogen-bond acceptors (Lipinski definition) is 5. The standard InChI is InChI=1S/C12H12ClN3O3/c13-11-8(6-14)1-2-15-12(11)16-3-4-19-9(7-16)5-10(17)18/h1-2,9H,3-5,7H2,(H,17,18). The fraction of sp³-hybridized carbons (Fsp3) is 0.417. The van der Waals surface area contributed by atoms with Crippen molar-refractivity contribution in [1.82, 2.24) is 4.98 Å². The Morgan fingerprint density at radius 2 is 2.53 bits per heavy atom. The number of carbonyl (C=O) groups is 1. The van der Waals surface area contributed by atoms with Crippen molar-refractivity contribution >= 4 is 23.4 Å². The number of aliphatic carboxylic acids is 1. The van der Waals surface area contributed by atoms with Crippen LogP contribution >= 0.6 is 11.6 Å². The second-order valence-electron chi connectivity index (χ2n) is 4.14. The molecule has 19 heavy (non-hydrogen) atoms. The van der Waals surface area contributed by atoms with Crippen LogP contribution in [0.2, 0.25) is 5.02 Å². The molecule has 1 aliphatic heterocycles. The van der Waals surface area contributed by atoms with Crippen molar-refractivity contribution in [1.29, 1.82) is 5.26 Å². The maximum atomic E-state index is 10.7. The van der Waals surface area contributed by atoms with Crippen molar-refractivity contribution in [2.45, 2.75) is 12.5 Å². The van der Waals surface area contributed by atoms with Crippen molar-refractivity contribution in [3.8, 4) is 6.07 Å². The quantitative estimate of drug-likeness (QED) is 0.898. The van der Waals surface area contributed by atoms with Gasteiger partial charge in [0.15, 0.2) is 0 Å². The van der Waals surface area contributed by atoms with Crippen LogP contribution in [0, 0.1) is 11.3 Å². The molecule has 0 radical (unpaired) electrons. The lowest BCUT2D eigenvalue weighted by Crippen LogP contribution is -2.43. The number of aromatic nitrogens is 1. The summed E-state index contributed by atoms with van der Waals surface area (Å²) in [5, 5.41) is 18.0. The van der Waals surface area contributed by atoms with Crippen LogP contribution in [0.25, 0.3) is 0 Å². The molecule has 0 aliphatic carbocycles. The Bertz CT molecular complexity index is 529. The minimum absolute atomic E-state index is 0.0634. The fourth-order valence-electron chi connectivity index (χ4n) is 1.97. The molecule has 1 atom stereocenters. The van der Waals surface area contributed by atoms with Crippen LogP contribution in [-0.4, -0.2) is 41.9 Å². The molecule has 1 aromatic heterocycles. The van der Waals surface area contributed by atoms with E-state index in [1.807, 2.05) is 11.0 Å². The van der Waals surface area contributed by atoms with Crippen LogP contribution in [0.3, 0.4) is 0 Å². The predicted molar refractivity (Wildman–Crippen MR) is 68.2 cm³/mol. The van der Waals surface area contributed by atoms with Gasteiger partial charge in [-0.25, -0.2) is 4.98 Å². The summed E-state index contributed by atoms with van der Waals surface area (Å²) in [5.74, 6) is -0.406. The molecule has 100 valence electrons. The fourth-order valence-corrected chi connectivity index (χ4v) is 2.24. The van der Waals surface area contributed by atoms with E-state index in [1.165, 1.54) is 6.20 Å². The average molecular weight is 282 g/mol. The summed E-state index contributed by atoms with van der Waals surface area (Å²) >= 11 is 6.11. The van der Waals surface area contributed by atoms with Gasteiger partial charge < -0.3 is 14.7 Å². The largest absolute Gasteiger partial charge is 0.481 e.